The molecule has 1 atom stereocenters. The number of pyridine rings is 1. The molecule has 1 aliphatic rings. The van der Waals surface area contributed by atoms with Crippen LogP contribution in [-0.4, -0.2) is 37.6 Å². The van der Waals surface area contributed by atoms with Gasteiger partial charge in [0.15, 0.2) is 5.82 Å². The number of piperidine rings is 1. The molecule has 1 saturated heterocycles. The zero-order valence-corrected chi connectivity index (χ0v) is 14.6. The summed E-state index contributed by atoms with van der Waals surface area (Å²) in [5.41, 5.74) is 3.34. The van der Waals surface area contributed by atoms with Crippen LogP contribution in [0.3, 0.4) is 0 Å². The zero-order valence-electron chi connectivity index (χ0n) is 14.6. The summed E-state index contributed by atoms with van der Waals surface area (Å²) >= 11 is 0. The van der Waals surface area contributed by atoms with E-state index < -0.39 is 0 Å². The maximum atomic E-state index is 4.51. The van der Waals surface area contributed by atoms with Crippen molar-refractivity contribution in [3.8, 4) is 0 Å². The van der Waals surface area contributed by atoms with Crippen molar-refractivity contribution < 1.29 is 0 Å². The van der Waals surface area contributed by atoms with Crippen LogP contribution in [0.4, 0.5) is 5.82 Å². The Hall–Kier alpha value is -2.47. The molecular formula is C19H24N6. The van der Waals surface area contributed by atoms with Crippen molar-refractivity contribution in [3.63, 3.8) is 0 Å². The van der Waals surface area contributed by atoms with E-state index in [4.69, 9.17) is 0 Å². The number of aromatic nitrogens is 4. The first-order valence-electron chi connectivity index (χ1n) is 9.02. The SMILES string of the molecule is CC(Nc1ncnn2ccc(CN3CCCCC3)c12)c1ccccn1. The smallest absolute Gasteiger partial charge is 0.154 e. The average molecular weight is 336 g/mol. The van der Waals surface area contributed by atoms with E-state index in [1.165, 1.54) is 37.9 Å². The fraction of sp³-hybridized carbons (Fsp3) is 0.421. The van der Waals surface area contributed by atoms with Gasteiger partial charge in [-0.3, -0.25) is 9.88 Å². The van der Waals surface area contributed by atoms with E-state index in [2.05, 4.69) is 38.3 Å². The highest BCUT2D eigenvalue weighted by Crippen LogP contribution is 2.25. The zero-order chi connectivity index (χ0) is 17.1. The number of hydrogen-bond acceptors (Lipinski definition) is 5. The summed E-state index contributed by atoms with van der Waals surface area (Å²) in [4.78, 5) is 11.5. The second kappa shape index (κ2) is 7.19. The van der Waals surface area contributed by atoms with Crippen LogP contribution in [0.1, 0.15) is 43.5 Å². The average Bonchev–Trinajstić information content (AvgIpc) is 3.07. The van der Waals surface area contributed by atoms with Crippen LogP contribution in [0.25, 0.3) is 5.52 Å². The van der Waals surface area contributed by atoms with Crippen molar-refractivity contribution in [1.29, 1.82) is 0 Å². The first kappa shape index (κ1) is 16.0. The Balaban J connectivity index is 1.61. The molecule has 3 aromatic heterocycles. The third-order valence-electron chi connectivity index (χ3n) is 4.86. The maximum Gasteiger partial charge on any atom is 0.154 e. The fourth-order valence-corrected chi connectivity index (χ4v) is 3.52. The van der Waals surface area contributed by atoms with E-state index in [0.29, 0.717) is 0 Å². The Morgan fingerprint density at radius 3 is 2.80 bits per heavy atom. The Bertz CT molecular complexity index is 822. The molecular weight excluding hydrogens is 312 g/mol. The predicted octanol–water partition coefficient (Wildman–Crippen LogP) is 3.28. The summed E-state index contributed by atoms with van der Waals surface area (Å²) in [6, 6.07) is 8.22. The largest absolute Gasteiger partial charge is 0.360 e. The summed E-state index contributed by atoms with van der Waals surface area (Å²) < 4.78 is 1.92. The molecule has 6 nitrogen and oxygen atoms in total. The second-order valence-electron chi connectivity index (χ2n) is 6.70. The Labute approximate surface area is 147 Å². The fourth-order valence-electron chi connectivity index (χ4n) is 3.52. The minimum Gasteiger partial charge on any atom is -0.360 e. The molecule has 1 N–H and O–H groups in total. The van der Waals surface area contributed by atoms with Gasteiger partial charge in [0.2, 0.25) is 0 Å². The highest BCUT2D eigenvalue weighted by atomic mass is 15.3. The van der Waals surface area contributed by atoms with E-state index in [9.17, 15) is 0 Å². The van der Waals surface area contributed by atoms with Gasteiger partial charge in [0.05, 0.1) is 11.7 Å². The minimum absolute atomic E-state index is 0.0811. The number of hydrogen-bond donors (Lipinski definition) is 1. The summed E-state index contributed by atoms with van der Waals surface area (Å²) in [5.74, 6) is 0.866. The van der Waals surface area contributed by atoms with Crippen molar-refractivity contribution in [2.24, 2.45) is 0 Å². The molecule has 3 aromatic rings. The quantitative estimate of drug-likeness (QED) is 0.775. The number of anilines is 1. The molecule has 1 fully saturated rings. The molecule has 0 bridgehead atoms. The van der Waals surface area contributed by atoms with Gasteiger partial charge < -0.3 is 5.32 Å². The third kappa shape index (κ3) is 3.49. The van der Waals surface area contributed by atoms with E-state index in [0.717, 1.165) is 23.6 Å². The lowest BCUT2D eigenvalue weighted by Crippen LogP contribution is -2.29. The Morgan fingerprint density at radius 1 is 1.12 bits per heavy atom. The molecule has 0 radical (unpaired) electrons. The molecule has 0 aliphatic carbocycles. The first-order chi connectivity index (χ1) is 12.3. The number of nitrogens with zero attached hydrogens (tertiary/aromatic N) is 5. The number of rotatable bonds is 5. The van der Waals surface area contributed by atoms with Crippen molar-refractivity contribution >= 4 is 11.3 Å². The number of likely N-dealkylation sites (tertiary alicyclic amines) is 1. The highest BCUT2D eigenvalue weighted by molar-refractivity contribution is 5.72. The van der Waals surface area contributed by atoms with Gasteiger partial charge in [-0.25, -0.2) is 9.50 Å². The Morgan fingerprint density at radius 2 is 2.00 bits per heavy atom. The van der Waals surface area contributed by atoms with Crippen LogP contribution in [-0.2, 0) is 6.54 Å². The van der Waals surface area contributed by atoms with Crippen LogP contribution in [0.2, 0.25) is 0 Å². The summed E-state index contributed by atoms with van der Waals surface area (Å²) in [6.45, 7) is 5.42. The normalized spacial score (nSPS) is 16.8. The standard InChI is InChI=1S/C19H24N6/c1-15(17-7-3-4-9-20-17)23-19-18-16(8-12-25(18)22-14-21-19)13-24-10-5-2-6-11-24/h3-4,7-9,12,14-15H,2,5-6,10-11,13H2,1H3,(H,21,22,23). The van der Waals surface area contributed by atoms with E-state index in [1.807, 2.05) is 35.1 Å². The van der Waals surface area contributed by atoms with Gasteiger partial charge >= 0.3 is 0 Å². The molecule has 6 heteroatoms. The summed E-state index contributed by atoms with van der Waals surface area (Å²) in [6.07, 6.45) is 9.39. The molecule has 0 aromatic carbocycles. The van der Waals surface area contributed by atoms with Crippen LogP contribution in [0, 0.1) is 0 Å². The van der Waals surface area contributed by atoms with E-state index in [-0.39, 0.29) is 6.04 Å². The van der Waals surface area contributed by atoms with Gasteiger partial charge in [0.1, 0.15) is 11.8 Å². The van der Waals surface area contributed by atoms with E-state index in [1.54, 1.807) is 6.33 Å². The van der Waals surface area contributed by atoms with Gasteiger partial charge in [-0.05, 0) is 56.6 Å². The summed E-state index contributed by atoms with van der Waals surface area (Å²) in [5, 5.41) is 7.88. The van der Waals surface area contributed by atoms with Crippen molar-refractivity contribution in [3.05, 3.63) is 54.2 Å². The molecule has 1 unspecified atom stereocenters. The van der Waals surface area contributed by atoms with E-state index >= 15 is 0 Å². The molecule has 0 spiro atoms. The minimum atomic E-state index is 0.0811. The third-order valence-corrected chi connectivity index (χ3v) is 4.86. The molecule has 25 heavy (non-hydrogen) atoms. The predicted molar refractivity (Wildman–Crippen MR) is 98.4 cm³/mol. The lowest BCUT2D eigenvalue weighted by atomic mass is 10.1. The van der Waals surface area contributed by atoms with Crippen molar-refractivity contribution in [1.82, 2.24) is 24.5 Å². The van der Waals surface area contributed by atoms with Crippen LogP contribution in [0.15, 0.2) is 43.0 Å². The maximum absolute atomic E-state index is 4.51. The number of nitrogens with one attached hydrogen (secondary N) is 1. The van der Waals surface area contributed by atoms with Crippen LogP contribution in [0.5, 0.6) is 0 Å². The molecule has 4 heterocycles. The lowest BCUT2D eigenvalue weighted by molar-refractivity contribution is 0.221. The second-order valence-corrected chi connectivity index (χ2v) is 6.70. The molecule has 130 valence electrons. The van der Waals surface area contributed by atoms with Gasteiger partial charge in [-0.1, -0.05) is 12.5 Å². The van der Waals surface area contributed by atoms with Crippen LogP contribution < -0.4 is 5.32 Å². The van der Waals surface area contributed by atoms with Gasteiger partial charge in [0, 0.05) is 18.9 Å². The molecule has 4 rings (SSSR count). The van der Waals surface area contributed by atoms with Crippen molar-refractivity contribution in [2.75, 3.05) is 18.4 Å². The molecule has 0 saturated carbocycles. The first-order valence-corrected chi connectivity index (χ1v) is 9.02. The van der Waals surface area contributed by atoms with Crippen LogP contribution >= 0.6 is 0 Å². The van der Waals surface area contributed by atoms with Gasteiger partial charge in [0.25, 0.3) is 0 Å². The number of fused-ring (bicyclic) bond motifs is 1. The summed E-state index contributed by atoms with van der Waals surface area (Å²) in [7, 11) is 0. The van der Waals surface area contributed by atoms with Gasteiger partial charge in [-0.15, -0.1) is 0 Å². The van der Waals surface area contributed by atoms with Gasteiger partial charge in [-0.2, -0.15) is 5.10 Å². The molecule has 0 amide bonds. The Kier molecular flexibility index (Phi) is 4.61. The monoisotopic (exact) mass is 336 g/mol. The highest BCUT2D eigenvalue weighted by Gasteiger charge is 2.17. The molecule has 1 aliphatic heterocycles. The van der Waals surface area contributed by atoms with Crippen molar-refractivity contribution in [2.45, 2.75) is 38.8 Å². The lowest BCUT2D eigenvalue weighted by Gasteiger charge is -2.26. The topological polar surface area (TPSA) is 58.4 Å².